The summed E-state index contributed by atoms with van der Waals surface area (Å²) in [5.41, 5.74) is -0.518. The molecule has 1 fully saturated rings. The zero-order valence-corrected chi connectivity index (χ0v) is 11.7. The lowest BCUT2D eigenvalue weighted by Crippen LogP contribution is -2.42. The Kier molecular flexibility index (Phi) is 3.38. The summed E-state index contributed by atoms with van der Waals surface area (Å²) in [4.78, 5) is 7.66. The van der Waals surface area contributed by atoms with Crippen LogP contribution in [0.1, 0.15) is 25.6 Å². The van der Waals surface area contributed by atoms with Crippen molar-refractivity contribution in [3.05, 3.63) is 23.3 Å². The molecule has 0 aliphatic carbocycles. The lowest BCUT2D eigenvalue weighted by atomic mass is 9.94. The van der Waals surface area contributed by atoms with Crippen LogP contribution in [0.25, 0.3) is 10.8 Å². The molecule has 2 aromatic rings. The fourth-order valence-electron chi connectivity index (χ4n) is 2.21. The topological polar surface area (TPSA) is 62.4 Å². The van der Waals surface area contributed by atoms with Crippen molar-refractivity contribution in [1.82, 2.24) is 15.0 Å². The van der Waals surface area contributed by atoms with Crippen molar-refractivity contribution < 1.29 is 9.63 Å². The Bertz CT molecular complexity index is 526. The lowest BCUT2D eigenvalue weighted by Gasteiger charge is -2.35. The minimum Gasteiger partial charge on any atom is -0.390 e. The van der Waals surface area contributed by atoms with E-state index in [0.29, 0.717) is 18.3 Å². The summed E-state index contributed by atoms with van der Waals surface area (Å²) in [7, 11) is 0. The van der Waals surface area contributed by atoms with Gasteiger partial charge in [-0.2, -0.15) is 4.98 Å². The first kappa shape index (κ1) is 12.8. The standard InChI is InChI=1S/C13H17N3O2S/c1-13(17)4-6-16(7-5-13)9-11-14-12(18-15-11)10-3-2-8-19-10/h2-3,8,17H,4-7,9H2,1H3. The van der Waals surface area contributed by atoms with E-state index in [-0.39, 0.29) is 0 Å². The van der Waals surface area contributed by atoms with Crippen molar-refractivity contribution in [1.29, 1.82) is 0 Å². The van der Waals surface area contributed by atoms with Gasteiger partial charge in [-0.05, 0) is 31.2 Å². The van der Waals surface area contributed by atoms with Crippen molar-refractivity contribution in [3.8, 4) is 10.8 Å². The minimum atomic E-state index is -0.518. The molecule has 3 rings (SSSR count). The van der Waals surface area contributed by atoms with Gasteiger partial charge >= 0.3 is 0 Å². The molecule has 0 spiro atoms. The van der Waals surface area contributed by atoms with Crippen LogP contribution < -0.4 is 0 Å². The van der Waals surface area contributed by atoms with E-state index in [1.165, 1.54) is 0 Å². The van der Waals surface area contributed by atoms with Crippen LogP contribution in [0, 0.1) is 0 Å². The summed E-state index contributed by atoms with van der Waals surface area (Å²) >= 11 is 1.59. The predicted molar refractivity (Wildman–Crippen MR) is 72.7 cm³/mol. The molecule has 3 heterocycles. The molecular weight excluding hydrogens is 262 g/mol. The van der Waals surface area contributed by atoms with E-state index < -0.39 is 5.60 Å². The molecule has 19 heavy (non-hydrogen) atoms. The van der Waals surface area contributed by atoms with E-state index in [4.69, 9.17) is 4.52 Å². The molecule has 0 saturated carbocycles. The maximum atomic E-state index is 9.91. The first-order valence-corrected chi connectivity index (χ1v) is 7.32. The first-order valence-electron chi connectivity index (χ1n) is 6.44. The van der Waals surface area contributed by atoms with Gasteiger partial charge in [0.25, 0.3) is 5.89 Å². The number of piperidine rings is 1. The van der Waals surface area contributed by atoms with Crippen LogP contribution in [0.2, 0.25) is 0 Å². The summed E-state index contributed by atoms with van der Waals surface area (Å²) in [5.74, 6) is 1.30. The quantitative estimate of drug-likeness (QED) is 0.932. The van der Waals surface area contributed by atoms with Crippen molar-refractivity contribution in [2.75, 3.05) is 13.1 Å². The largest absolute Gasteiger partial charge is 0.390 e. The number of aliphatic hydroxyl groups is 1. The summed E-state index contributed by atoms with van der Waals surface area (Å²) in [6.07, 6.45) is 1.59. The van der Waals surface area contributed by atoms with E-state index in [1.54, 1.807) is 11.3 Å². The number of aromatic nitrogens is 2. The third-order valence-electron chi connectivity index (χ3n) is 3.50. The van der Waals surface area contributed by atoms with Gasteiger partial charge in [-0.1, -0.05) is 11.2 Å². The van der Waals surface area contributed by atoms with Gasteiger partial charge in [-0.15, -0.1) is 11.3 Å². The number of thiophene rings is 1. The van der Waals surface area contributed by atoms with Gasteiger partial charge in [0.2, 0.25) is 0 Å². The number of rotatable bonds is 3. The van der Waals surface area contributed by atoms with E-state index >= 15 is 0 Å². The van der Waals surface area contributed by atoms with Gasteiger partial charge in [-0.25, -0.2) is 0 Å². The fourth-order valence-corrected chi connectivity index (χ4v) is 2.86. The van der Waals surface area contributed by atoms with Crippen molar-refractivity contribution in [3.63, 3.8) is 0 Å². The summed E-state index contributed by atoms with van der Waals surface area (Å²) in [5, 5.41) is 15.9. The highest BCUT2D eigenvalue weighted by atomic mass is 32.1. The van der Waals surface area contributed by atoms with Gasteiger partial charge in [0, 0.05) is 13.1 Å². The van der Waals surface area contributed by atoms with Crippen LogP contribution in [0.3, 0.4) is 0 Å². The molecule has 5 nitrogen and oxygen atoms in total. The van der Waals surface area contributed by atoms with Crippen LogP contribution in [0.4, 0.5) is 0 Å². The van der Waals surface area contributed by atoms with Crippen LogP contribution >= 0.6 is 11.3 Å². The highest BCUT2D eigenvalue weighted by Crippen LogP contribution is 2.24. The van der Waals surface area contributed by atoms with Crippen molar-refractivity contribution in [2.24, 2.45) is 0 Å². The Balaban J connectivity index is 1.62. The normalized spacial score (nSPS) is 19.7. The summed E-state index contributed by atoms with van der Waals surface area (Å²) in [6.45, 7) is 4.32. The predicted octanol–water partition coefficient (Wildman–Crippen LogP) is 2.14. The first-order chi connectivity index (χ1) is 9.12. The monoisotopic (exact) mass is 279 g/mol. The van der Waals surface area contributed by atoms with E-state index in [2.05, 4.69) is 15.0 Å². The fraction of sp³-hybridized carbons (Fsp3) is 0.538. The molecule has 1 saturated heterocycles. The maximum absolute atomic E-state index is 9.91. The van der Waals surface area contributed by atoms with Crippen LogP contribution in [-0.2, 0) is 6.54 Å². The molecule has 0 atom stereocenters. The molecule has 0 radical (unpaired) electrons. The van der Waals surface area contributed by atoms with Crippen LogP contribution in [0.15, 0.2) is 22.0 Å². The number of hydrogen-bond acceptors (Lipinski definition) is 6. The number of hydrogen-bond donors (Lipinski definition) is 1. The third kappa shape index (κ3) is 3.02. The summed E-state index contributed by atoms with van der Waals surface area (Å²) in [6, 6.07) is 3.94. The number of likely N-dealkylation sites (tertiary alicyclic amines) is 1. The molecule has 1 aliphatic rings. The van der Waals surface area contributed by atoms with Gasteiger partial charge in [0.15, 0.2) is 5.82 Å². The molecule has 0 bridgehead atoms. The SMILES string of the molecule is CC1(O)CCN(Cc2noc(-c3cccs3)n2)CC1. The van der Waals surface area contributed by atoms with Crippen molar-refractivity contribution in [2.45, 2.75) is 31.9 Å². The van der Waals surface area contributed by atoms with Gasteiger partial charge in [-0.3, -0.25) is 4.90 Å². The van der Waals surface area contributed by atoms with E-state index in [0.717, 1.165) is 30.8 Å². The average molecular weight is 279 g/mol. The minimum absolute atomic E-state index is 0.518. The highest BCUT2D eigenvalue weighted by Gasteiger charge is 2.27. The molecule has 2 aromatic heterocycles. The van der Waals surface area contributed by atoms with E-state index in [1.807, 2.05) is 24.4 Å². The highest BCUT2D eigenvalue weighted by molar-refractivity contribution is 7.13. The molecule has 0 amide bonds. The third-order valence-corrected chi connectivity index (χ3v) is 4.36. The van der Waals surface area contributed by atoms with Gasteiger partial charge < -0.3 is 9.63 Å². The number of nitrogens with zero attached hydrogens (tertiary/aromatic N) is 3. The Morgan fingerprint density at radius 3 is 2.95 bits per heavy atom. The Hall–Kier alpha value is -1.24. The average Bonchev–Trinajstić information content (AvgIpc) is 3.02. The van der Waals surface area contributed by atoms with Crippen molar-refractivity contribution >= 4 is 11.3 Å². The Morgan fingerprint density at radius 1 is 1.47 bits per heavy atom. The molecule has 0 aromatic carbocycles. The molecular formula is C13H17N3O2S. The second kappa shape index (κ2) is 5.03. The van der Waals surface area contributed by atoms with Gasteiger partial charge in [0.05, 0.1) is 17.0 Å². The molecule has 102 valence electrons. The summed E-state index contributed by atoms with van der Waals surface area (Å²) < 4.78 is 5.26. The molecule has 1 aliphatic heterocycles. The zero-order chi connectivity index (χ0) is 13.3. The molecule has 1 N–H and O–H groups in total. The zero-order valence-electron chi connectivity index (χ0n) is 10.9. The van der Waals surface area contributed by atoms with E-state index in [9.17, 15) is 5.11 Å². The Labute approximate surface area is 115 Å². The van der Waals surface area contributed by atoms with Gasteiger partial charge in [0.1, 0.15) is 0 Å². The second-order valence-corrected chi connectivity index (χ2v) is 6.21. The van der Waals surface area contributed by atoms with Crippen LogP contribution in [-0.4, -0.2) is 38.8 Å². The van der Waals surface area contributed by atoms with Crippen LogP contribution in [0.5, 0.6) is 0 Å². The molecule has 0 unspecified atom stereocenters. The second-order valence-electron chi connectivity index (χ2n) is 5.27. The lowest BCUT2D eigenvalue weighted by molar-refractivity contribution is -0.00799. The Morgan fingerprint density at radius 2 is 2.26 bits per heavy atom. The smallest absolute Gasteiger partial charge is 0.268 e. The molecule has 6 heteroatoms. The maximum Gasteiger partial charge on any atom is 0.268 e.